The van der Waals surface area contributed by atoms with E-state index in [-0.39, 0.29) is 12.0 Å². The molecule has 1 aliphatic carbocycles. The zero-order chi connectivity index (χ0) is 20.9. The van der Waals surface area contributed by atoms with Crippen LogP contribution in [0.4, 0.5) is 5.69 Å². The number of ether oxygens (including phenoxy) is 1. The van der Waals surface area contributed by atoms with E-state index >= 15 is 0 Å². The number of carbonyl (C=O) groups excluding carboxylic acids is 1. The van der Waals surface area contributed by atoms with Crippen LogP contribution in [0.1, 0.15) is 48.8 Å². The lowest BCUT2D eigenvalue weighted by Gasteiger charge is -2.31. The van der Waals surface area contributed by atoms with Crippen LogP contribution in [0.15, 0.2) is 36.5 Å². The number of pyridine rings is 1. The average Bonchev–Trinajstić information content (AvgIpc) is 3.52. The van der Waals surface area contributed by atoms with Crippen molar-refractivity contribution in [2.24, 2.45) is 5.92 Å². The zero-order valence-corrected chi connectivity index (χ0v) is 18.2. The van der Waals surface area contributed by atoms with Gasteiger partial charge in [-0.05, 0) is 80.7 Å². The quantitative estimate of drug-likeness (QED) is 0.699. The summed E-state index contributed by atoms with van der Waals surface area (Å²) in [6, 6.07) is 10.1. The average molecular weight is 408 g/mol. The fourth-order valence-electron chi connectivity index (χ4n) is 4.20. The first kappa shape index (κ1) is 20.9. The molecule has 1 saturated carbocycles. The summed E-state index contributed by atoms with van der Waals surface area (Å²) in [6.07, 6.45) is 8.20. The SMILES string of the molecule is Cc1cc(C)cc(NC(=O)CCc2ccc(OC3CCN(CC4CC4)CC3)nc2)c1. The predicted molar refractivity (Wildman–Crippen MR) is 120 cm³/mol. The van der Waals surface area contributed by atoms with E-state index in [2.05, 4.69) is 21.3 Å². The minimum absolute atomic E-state index is 0.0262. The number of rotatable bonds is 8. The molecule has 1 N–H and O–H groups in total. The van der Waals surface area contributed by atoms with Crippen molar-refractivity contribution in [3.8, 4) is 5.88 Å². The first-order valence-electron chi connectivity index (χ1n) is 11.3. The number of carbonyl (C=O) groups is 1. The Balaban J connectivity index is 1.19. The van der Waals surface area contributed by atoms with E-state index < -0.39 is 0 Å². The third-order valence-electron chi connectivity index (χ3n) is 5.98. The highest BCUT2D eigenvalue weighted by Crippen LogP contribution is 2.30. The van der Waals surface area contributed by atoms with Gasteiger partial charge in [-0.2, -0.15) is 0 Å². The highest BCUT2D eigenvalue weighted by atomic mass is 16.5. The summed E-state index contributed by atoms with van der Waals surface area (Å²) in [6.45, 7) is 7.62. The molecule has 160 valence electrons. The molecule has 30 heavy (non-hydrogen) atoms. The van der Waals surface area contributed by atoms with Gasteiger partial charge in [0.15, 0.2) is 0 Å². The second-order valence-electron chi connectivity index (χ2n) is 8.99. The van der Waals surface area contributed by atoms with E-state index in [1.165, 1.54) is 19.4 Å². The Morgan fingerprint density at radius 3 is 2.47 bits per heavy atom. The van der Waals surface area contributed by atoms with Crippen LogP contribution in [-0.4, -0.2) is 41.5 Å². The molecule has 1 aliphatic heterocycles. The van der Waals surface area contributed by atoms with Crippen LogP contribution in [0.5, 0.6) is 5.88 Å². The van der Waals surface area contributed by atoms with Gasteiger partial charge < -0.3 is 15.0 Å². The van der Waals surface area contributed by atoms with Gasteiger partial charge in [0.1, 0.15) is 6.10 Å². The second-order valence-corrected chi connectivity index (χ2v) is 8.99. The van der Waals surface area contributed by atoms with Crippen LogP contribution in [-0.2, 0) is 11.2 Å². The molecule has 2 aromatic rings. The predicted octanol–water partition coefficient (Wildman–Crippen LogP) is 4.52. The third kappa shape index (κ3) is 6.30. The molecule has 0 bridgehead atoms. The van der Waals surface area contributed by atoms with Crippen LogP contribution in [0.25, 0.3) is 0 Å². The minimum Gasteiger partial charge on any atom is -0.474 e. The molecule has 1 amide bonds. The maximum absolute atomic E-state index is 12.3. The molecular formula is C25H33N3O2. The Kier molecular flexibility index (Phi) is 6.68. The van der Waals surface area contributed by atoms with Crippen molar-refractivity contribution in [1.82, 2.24) is 9.88 Å². The van der Waals surface area contributed by atoms with Gasteiger partial charge in [0.25, 0.3) is 0 Å². The van der Waals surface area contributed by atoms with Gasteiger partial charge in [-0.15, -0.1) is 0 Å². The van der Waals surface area contributed by atoms with Gasteiger partial charge in [0.2, 0.25) is 11.8 Å². The number of amides is 1. The van der Waals surface area contributed by atoms with Crippen LogP contribution >= 0.6 is 0 Å². The van der Waals surface area contributed by atoms with E-state index in [0.29, 0.717) is 18.7 Å². The van der Waals surface area contributed by atoms with Crippen LogP contribution < -0.4 is 10.1 Å². The lowest BCUT2D eigenvalue weighted by atomic mass is 10.1. The fourth-order valence-corrected chi connectivity index (χ4v) is 4.20. The summed E-state index contributed by atoms with van der Waals surface area (Å²) in [5.74, 6) is 1.68. The van der Waals surface area contributed by atoms with E-state index in [1.54, 1.807) is 0 Å². The number of aromatic nitrogens is 1. The number of aryl methyl sites for hydroxylation is 3. The molecule has 1 aromatic carbocycles. The number of piperidine rings is 1. The Morgan fingerprint density at radius 1 is 1.10 bits per heavy atom. The maximum Gasteiger partial charge on any atom is 0.224 e. The summed E-state index contributed by atoms with van der Waals surface area (Å²) in [4.78, 5) is 19.3. The van der Waals surface area contributed by atoms with Crippen molar-refractivity contribution in [2.45, 2.75) is 58.5 Å². The Hall–Kier alpha value is -2.40. The second kappa shape index (κ2) is 9.61. The highest BCUT2D eigenvalue weighted by Gasteiger charge is 2.27. The Morgan fingerprint density at radius 2 is 1.83 bits per heavy atom. The molecule has 2 aliphatic rings. The number of hydrogen-bond acceptors (Lipinski definition) is 4. The monoisotopic (exact) mass is 407 g/mol. The maximum atomic E-state index is 12.3. The van der Waals surface area contributed by atoms with Crippen LogP contribution in [0.3, 0.4) is 0 Å². The van der Waals surface area contributed by atoms with Crippen LogP contribution in [0.2, 0.25) is 0 Å². The zero-order valence-electron chi connectivity index (χ0n) is 18.2. The Labute approximate surface area is 179 Å². The smallest absolute Gasteiger partial charge is 0.224 e. The van der Waals surface area contributed by atoms with Gasteiger partial charge in [0.05, 0.1) is 0 Å². The summed E-state index contributed by atoms with van der Waals surface area (Å²) < 4.78 is 6.09. The molecule has 0 spiro atoms. The van der Waals surface area contributed by atoms with E-state index in [4.69, 9.17) is 4.74 Å². The van der Waals surface area contributed by atoms with Gasteiger partial charge in [-0.25, -0.2) is 4.98 Å². The first-order valence-corrected chi connectivity index (χ1v) is 11.3. The molecule has 4 rings (SSSR count). The molecular weight excluding hydrogens is 374 g/mol. The molecule has 2 fully saturated rings. The number of anilines is 1. The van der Waals surface area contributed by atoms with Crippen LogP contribution in [0, 0.1) is 19.8 Å². The number of likely N-dealkylation sites (tertiary alicyclic amines) is 1. The minimum atomic E-state index is 0.0262. The topological polar surface area (TPSA) is 54.5 Å². The number of nitrogens with one attached hydrogen (secondary N) is 1. The standard InChI is InChI=1S/C25H33N3O2/c1-18-13-19(2)15-22(14-18)27-24(29)7-5-20-6-8-25(26-16-20)30-23-9-11-28(12-10-23)17-21-3-4-21/h6,8,13-16,21,23H,3-5,7,9-12,17H2,1-2H3,(H,27,29). The lowest BCUT2D eigenvalue weighted by molar-refractivity contribution is -0.116. The molecule has 2 heterocycles. The van der Waals surface area contributed by atoms with Crippen molar-refractivity contribution in [2.75, 3.05) is 25.0 Å². The van der Waals surface area contributed by atoms with Gasteiger partial charge in [-0.1, -0.05) is 12.1 Å². The summed E-state index contributed by atoms with van der Waals surface area (Å²) in [5.41, 5.74) is 4.22. The molecule has 5 heteroatoms. The van der Waals surface area contributed by atoms with Crippen molar-refractivity contribution in [3.63, 3.8) is 0 Å². The van der Waals surface area contributed by atoms with E-state index in [0.717, 1.165) is 54.2 Å². The molecule has 0 radical (unpaired) electrons. The van der Waals surface area contributed by atoms with Gasteiger partial charge in [0, 0.05) is 44.0 Å². The van der Waals surface area contributed by atoms with E-state index in [1.807, 2.05) is 44.3 Å². The summed E-state index contributed by atoms with van der Waals surface area (Å²) in [5, 5.41) is 2.99. The molecule has 0 unspecified atom stereocenters. The first-order chi connectivity index (χ1) is 14.5. The van der Waals surface area contributed by atoms with Gasteiger partial charge in [-0.3, -0.25) is 4.79 Å². The summed E-state index contributed by atoms with van der Waals surface area (Å²) >= 11 is 0. The molecule has 0 atom stereocenters. The Bertz CT molecular complexity index is 833. The van der Waals surface area contributed by atoms with Crippen molar-refractivity contribution < 1.29 is 9.53 Å². The number of nitrogens with zero attached hydrogens (tertiary/aromatic N) is 2. The number of hydrogen-bond donors (Lipinski definition) is 1. The van der Waals surface area contributed by atoms with Crippen molar-refractivity contribution >= 4 is 11.6 Å². The van der Waals surface area contributed by atoms with E-state index in [9.17, 15) is 4.79 Å². The molecule has 1 aromatic heterocycles. The van der Waals surface area contributed by atoms with Gasteiger partial charge >= 0.3 is 0 Å². The highest BCUT2D eigenvalue weighted by molar-refractivity contribution is 5.91. The fraction of sp³-hybridized carbons (Fsp3) is 0.520. The van der Waals surface area contributed by atoms with Crippen molar-refractivity contribution in [3.05, 3.63) is 53.2 Å². The normalized spacial score (nSPS) is 17.7. The molecule has 1 saturated heterocycles. The molecule has 5 nitrogen and oxygen atoms in total. The third-order valence-corrected chi connectivity index (χ3v) is 5.98. The summed E-state index contributed by atoms with van der Waals surface area (Å²) in [7, 11) is 0. The lowest BCUT2D eigenvalue weighted by Crippen LogP contribution is -2.39. The number of benzene rings is 1. The van der Waals surface area contributed by atoms with Crippen molar-refractivity contribution in [1.29, 1.82) is 0 Å². The largest absolute Gasteiger partial charge is 0.474 e.